The largest absolute Gasteiger partial charge is 0.480 e. The third-order valence-electron chi connectivity index (χ3n) is 13.0. The summed E-state index contributed by atoms with van der Waals surface area (Å²) in [4.78, 5) is 30.0. The van der Waals surface area contributed by atoms with Crippen LogP contribution < -0.4 is 14.8 Å². The Kier molecular flexibility index (Phi) is 11.0. The summed E-state index contributed by atoms with van der Waals surface area (Å²) in [5.74, 6) is -1.05. The number of benzene rings is 3. The molecular weight excluding hydrogens is 838 g/mol. The number of amides is 1. The Morgan fingerprint density at radius 1 is 1.02 bits per heavy atom. The Balaban J connectivity index is 0.949. The zero-order valence-electron chi connectivity index (χ0n) is 35.1. The molecule has 2 aliphatic heterocycles. The predicted octanol–water partition coefficient (Wildman–Crippen LogP) is 6.65. The number of sulfonamides is 1. The number of nitrogens with one attached hydrogen (secondary N) is 2. The van der Waals surface area contributed by atoms with E-state index in [-0.39, 0.29) is 18.1 Å². The minimum absolute atomic E-state index is 0.01000. The van der Waals surface area contributed by atoms with E-state index >= 15 is 0 Å². The van der Waals surface area contributed by atoms with Gasteiger partial charge in [0.15, 0.2) is 17.1 Å². The highest BCUT2D eigenvalue weighted by Gasteiger charge is 2.51. The Morgan fingerprint density at radius 2 is 1.75 bits per heavy atom. The number of nitriles is 1. The van der Waals surface area contributed by atoms with Gasteiger partial charge in [-0.2, -0.15) is 23.4 Å². The first-order valence-corrected chi connectivity index (χ1v) is 22.6. The first kappa shape index (κ1) is 42.7. The summed E-state index contributed by atoms with van der Waals surface area (Å²) in [6.07, 6.45) is -2.12. The average molecular weight is 885 g/mol. The fourth-order valence-corrected chi connectivity index (χ4v) is 10.5. The van der Waals surface area contributed by atoms with Gasteiger partial charge in [0, 0.05) is 38.3 Å². The van der Waals surface area contributed by atoms with E-state index in [1.807, 2.05) is 54.3 Å². The van der Waals surface area contributed by atoms with Gasteiger partial charge < -0.3 is 19.6 Å². The molecule has 330 valence electrons. The molecule has 1 saturated carbocycles. The van der Waals surface area contributed by atoms with Crippen LogP contribution in [0.5, 0.6) is 5.88 Å². The van der Waals surface area contributed by atoms with Crippen LogP contribution in [0.2, 0.25) is 0 Å². The predicted molar refractivity (Wildman–Crippen MR) is 227 cm³/mol. The van der Waals surface area contributed by atoms with Gasteiger partial charge in [-0.05, 0) is 110 Å². The molecule has 3 atom stereocenters. The van der Waals surface area contributed by atoms with Crippen molar-refractivity contribution in [2.24, 2.45) is 5.92 Å². The first-order chi connectivity index (χ1) is 30.0. The number of alkyl halides is 3. The summed E-state index contributed by atoms with van der Waals surface area (Å²) in [5.41, 5.74) is 6.10. The van der Waals surface area contributed by atoms with Crippen LogP contribution in [0.1, 0.15) is 84.3 Å². The van der Waals surface area contributed by atoms with Gasteiger partial charge in [-0.3, -0.25) is 19.3 Å². The molecule has 0 spiro atoms. The van der Waals surface area contributed by atoms with Crippen molar-refractivity contribution >= 4 is 32.8 Å². The minimum Gasteiger partial charge on any atom is -0.480 e. The van der Waals surface area contributed by atoms with E-state index < -0.39 is 56.4 Å². The van der Waals surface area contributed by atoms with Gasteiger partial charge in [-0.15, -0.1) is 0 Å². The van der Waals surface area contributed by atoms with Crippen molar-refractivity contribution < 1.29 is 40.6 Å². The number of likely N-dealkylation sites (tertiary alicyclic amines) is 2. The number of ether oxygens (including phenoxy) is 1. The smallest absolute Gasteiger partial charge is 0.437 e. The van der Waals surface area contributed by atoms with Gasteiger partial charge in [-0.25, -0.2) is 18.4 Å². The van der Waals surface area contributed by atoms with Crippen molar-refractivity contribution in [1.82, 2.24) is 29.5 Å². The number of aromatic nitrogens is 3. The highest BCUT2D eigenvalue weighted by molar-refractivity contribution is 7.91. The molecule has 3 N–H and O–H groups in total. The van der Waals surface area contributed by atoms with Gasteiger partial charge in [-0.1, -0.05) is 30.3 Å². The molecule has 4 heterocycles. The minimum atomic E-state index is -4.79. The van der Waals surface area contributed by atoms with E-state index in [1.54, 1.807) is 13.0 Å². The maximum Gasteiger partial charge on any atom is 0.437 e. The van der Waals surface area contributed by atoms with Crippen LogP contribution in [0.25, 0.3) is 33.7 Å². The summed E-state index contributed by atoms with van der Waals surface area (Å²) in [6.45, 7) is 5.92. The van der Waals surface area contributed by atoms with Gasteiger partial charge in [0.25, 0.3) is 0 Å². The van der Waals surface area contributed by atoms with E-state index in [1.165, 1.54) is 7.11 Å². The summed E-state index contributed by atoms with van der Waals surface area (Å²) in [5, 5.41) is 23.2. The lowest BCUT2D eigenvalue weighted by Crippen LogP contribution is -2.42. The van der Waals surface area contributed by atoms with Gasteiger partial charge in [0.1, 0.15) is 17.3 Å². The number of carbonyl (C=O) groups excluding carboxylic acids is 1. The normalized spacial score (nSPS) is 21.1. The zero-order valence-corrected chi connectivity index (χ0v) is 35.9. The molecule has 4 aliphatic rings. The lowest BCUT2D eigenvalue weighted by molar-refractivity contribution is -0.141. The number of methoxy groups -OCH3 is 1. The highest BCUT2D eigenvalue weighted by Crippen LogP contribution is 2.45. The molecule has 1 amide bonds. The second-order valence-corrected chi connectivity index (χ2v) is 19.6. The Bertz CT molecular complexity index is 2790. The lowest BCUT2D eigenvalue weighted by Gasteiger charge is -2.22. The maximum absolute atomic E-state index is 14.5. The first-order valence-electron chi connectivity index (χ1n) is 21.1. The third-order valence-corrected chi connectivity index (χ3v) is 15.2. The molecular formula is C45H47F3N8O6S. The standard InChI is InChI=1S/C45H47F3N8O6S/c1-25-30(32-8-5-9-34-33(32)10-11-35(34)51-40-39(45(46,47)48)50-37(43(53-40)61-3)24-56-17-13-29(57)23-56)6-4-7-31(25)42-52-36-19-26(18-28(20-49)38(36)62-42)21-55-16-12-27(22-55)41(58)54-63(59,60)44(2)14-15-44/h4-9,18-19,27,29,35,57H,10-17,21-24H2,1-3H3,(H,51,53)(H,54,58)/t27-,29-,35-/m1/s1. The van der Waals surface area contributed by atoms with Crippen LogP contribution in [0.3, 0.4) is 0 Å². The number of β-amino-alcohol motifs (C(OH)–C–C–N with tert-alkyl or cyclic N) is 1. The number of aliphatic hydroxyl groups is 1. The van der Waals surface area contributed by atoms with E-state index in [0.717, 1.165) is 33.4 Å². The van der Waals surface area contributed by atoms with Crippen molar-refractivity contribution in [3.05, 3.63) is 87.7 Å². The number of halogens is 3. The molecule has 14 nitrogen and oxygen atoms in total. The van der Waals surface area contributed by atoms with Crippen LogP contribution in [0.15, 0.2) is 52.9 Å². The summed E-state index contributed by atoms with van der Waals surface area (Å²) in [7, 11) is -2.37. The molecule has 0 radical (unpaired) electrons. The van der Waals surface area contributed by atoms with Crippen molar-refractivity contribution in [2.75, 3.05) is 38.6 Å². The molecule has 0 bridgehead atoms. The third kappa shape index (κ3) is 8.23. The topological polar surface area (TPSA) is 187 Å². The number of oxazole rings is 1. The molecule has 2 aromatic heterocycles. The summed E-state index contributed by atoms with van der Waals surface area (Å²) >= 11 is 0. The number of hydrogen-bond acceptors (Lipinski definition) is 13. The highest BCUT2D eigenvalue weighted by atomic mass is 32.2. The molecule has 18 heteroatoms. The van der Waals surface area contributed by atoms with Crippen LogP contribution in [-0.2, 0) is 40.5 Å². The van der Waals surface area contributed by atoms with Crippen molar-refractivity contribution in [2.45, 2.75) is 88.5 Å². The van der Waals surface area contributed by atoms with Crippen LogP contribution >= 0.6 is 0 Å². The van der Waals surface area contributed by atoms with E-state index in [9.17, 15) is 36.8 Å². The fraction of sp³-hybridized carbons (Fsp3) is 0.444. The molecule has 2 aliphatic carbocycles. The molecule has 0 unspecified atom stereocenters. The van der Waals surface area contributed by atoms with Crippen LogP contribution in [0.4, 0.5) is 19.0 Å². The number of rotatable bonds is 12. The fourth-order valence-electron chi connectivity index (χ4n) is 9.18. The van der Waals surface area contributed by atoms with E-state index in [4.69, 9.17) is 14.1 Å². The molecule has 3 aromatic carbocycles. The average Bonchev–Trinajstić information content (AvgIpc) is 3.69. The monoisotopic (exact) mass is 884 g/mol. The second-order valence-electron chi connectivity index (χ2n) is 17.4. The Hall–Kier alpha value is -5.61. The molecule has 9 rings (SSSR count). The lowest BCUT2D eigenvalue weighted by atomic mass is 9.91. The summed E-state index contributed by atoms with van der Waals surface area (Å²) in [6, 6.07) is 16.9. The number of hydrogen-bond donors (Lipinski definition) is 3. The van der Waals surface area contributed by atoms with Crippen molar-refractivity contribution in [3.8, 4) is 34.5 Å². The van der Waals surface area contributed by atoms with E-state index in [2.05, 4.69) is 31.0 Å². The second kappa shape index (κ2) is 16.2. The number of fused-ring (bicyclic) bond motifs is 2. The maximum atomic E-state index is 14.5. The molecule has 5 aromatic rings. The molecule has 3 fully saturated rings. The number of anilines is 1. The Labute approximate surface area is 362 Å². The SMILES string of the molecule is COc1nc(N[C@@H]2CCc3c(-c4cccc(-c5nc6cc(CN7CC[C@@H](C(=O)NS(=O)(=O)C8(C)CC8)C7)cc(C#N)c6o5)c4C)cccc32)c(C(F)(F)F)nc1CN1CC[C@@H](O)C1. The van der Waals surface area contributed by atoms with Gasteiger partial charge >= 0.3 is 6.18 Å². The molecule has 63 heavy (non-hydrogen) atoms. The van der Waals surface area contributed by atoms with Crippen molar-refractivity contribution in [1.29, 1.82) is 5.26 Å². The van der Waals surface area contributed by atoms with E-state index in [0.29, 0.717) is 99.4 Å². The molecule has 2 saturated heterocycles. The van der Waals surface area contributed by atoms with Crippen LogP contribution in [-0.4, -0.2) is 88.3 Å². The van der Waals surface area contributed by atoms with Crippen molar-refractivity contribution in [3.63, 3.8) is 0 Å². The number of aliphatic hydroxyl groups excluding tert-OH is 1. The summed E-state index contributed by atoms with van der Waals surface area (Å²) < 4.78 is 82.1. The van der Waals surface area contributed by atoms with Gasteiger partial charge in [0.2, 0.25) is 27.7 Å². The van der Waals surface area contributed by atoms with Gasteiger partial charge in [0.05, 0.1) is 35.5 Å². The number of carbonyl (C=O) groups is 1. The quantitative estimate of drug-likeness (QED) is 0.121. The Morgan fingerprint density at radius 3 is 2.46 bits per heavy atom. The number of nitrogens with zero attached hydrogens (tertiary/aromatic N) is 6. The van der Waals surface area contributed by atoms with Crippen LogP contribution in [0, 0.1) is 24.2 Å². The zero-order chi connectivity index (χ0) is 44.4.